The molecule has 1 aromatic heterocycles. The van der Waals surface area contributed by atoms with E-state index in [0.29, 0.717) is 27.8 Å². The summed E-state index contributed by atoms with van der Waals surface area (Å²) >= 11 is 0. The molecule has 200 valence electrons. The van der Waals surface area contributed by atoms with Gasteiger partial charge in [-0.05, 0) is 73.9 Å². The fraction of sp³-hybridized carbons (Fsp3) is 0.276. The monoisotopic (exact) mass is 527 g/mol. The van der Waals surface area contributed by atoms with Crippen LogP contribution in [-0.4, -0.2) is 48.8 Å². The van der Waals surface area contributed by atoms with E-state index in [1.165, 1.54) is 34.7 Å². The first-order valence-corrected chi connectivity index (χ1v) is 12.9. The zero-order valence-electron chi connectivity index (χ0n) is 21.4. The Kier molecular flexibility index (Phi) is 7.27. The minimum atomic E-state index is -1.18. The van der Waals surface area contributed by atoms with Crippen LogP contribution in [0.1, 0.15) is 54.6 Å². The van der Waals surface area contributed by atoms with Gasteiger partial charge in [-0.2, -0.15) is 0 Å². The molecule has 1 unspecified atom stereocenters. The van der Waals surface area contributed by atoms with Crippen molar-refractivity contribution in [1.29, 1.82) is 0 Å². The number of rotatable bonds is 8. The highest BCUT2D eigenvalue weighted by molar-refractivity contribution is 6.02. The second kappa shape index (κ2) is 10.9. The van der Waals surface area contributed by atoms with Crippen LogP contribution in [0, 0.1) is 0 Å². The topological polar surface area (TPSA) is 138 Å². The number of para-hydroxylation sites is 1. The molecule has 3 N–H and O–H groups in total. The van der Waals surface area contributed by atoms with Crippen LogP contribution < -0.4 is 10.2 Å². The summed E-state index contributed by atoms with van der Waals surface area (Å²) < 4.78 is 1.47. The molecule has 0 radical (unpaired) electrons. The standard InChI is InChI=1S/C29H29N5O5/c1-18(35)19-10-13-22(14-11-19)34(27(38)17-33-24-9-5-4-8-23(24)31-32-33)28(20-12-15-25(36)26(37)16-20)29(39)30-21-6-2-3-7-21/h4-5,8-16,21,28,36-37H,2-3,6-7,17H2,1H3,(H,30,39). The number of hydrogen-bond donors (Lipinski definition) is 3. The molecule has 10 nitrogen and oxygen atoms in total. The van der Waals surface area contributed by atoms with Crippen molar-refractivity contribution >= 4 is 34.3 Å². The third-order valence-electron chi connectivity index (χ3n) is 7.05. The number of anilines is 1. The van der Waals surface area contributed by atoms with Crippen LogP contribution in [0.4, 0.5) is 5.69 Å². The molecule has 39 heavy (non-hydrogen) atoms. The molecule has 0 bridgehead atoms. The third kappa shape index (κ3) is 5.45. The lowest BCUT2D eigenvalue weighted by Gasteiger charge is -2.32. The summed E-state index contributed by atoms with van der Waals surface area (Å²) in [6.45, 7) is 1.23. The van der Waals surface area contributed by atoms with E-state index in [9.17, 15) is 24.6 Å². The molecule has 1 atom stereocenters. The Bertz CT molecular complexity index is 1520. The Morgan fingerprint density at radius 2 is 1.72 bits per heavy atom. The normalized spacial score (nSPS) is 14.3. The van der Waals surface area contributed by atoms with Crippen LogP contribution >= 0.6 is 0 Å². The molecule has 2 amide bonds. The summed E-state index contributed by atoms with van der Waals surface area (Å²) in [6, 6.07) is 16.5. The van der Waals surface area contributed by atoms with Crippen LogP contribution in [0.2, 0.25) is 0 Å². The number of carbonyl (C=O) groups is 3. The van der Waals surface area contributed by atoms with Gasteiger partial charge in [0.15, 0.2) is 17.3 Å². The zero-order valence-corrected chi connectivity index (χ0v) is 21.4. The van der Waals surface area contributed by atoms with Crippen molar-refractivity contribution in [3.8, 4) is 11.5 Å². The number of ketones is 1. The average Bonchev–Trinajstić information content (AvgIpc) is 3.59. The van der Waals surface area contributed by atoms with E-state index in [0.717, 1.165) is 25.7 Å². The van der Waals surface area contributed by atoms with Crippen molar-refractivity contribution in [2.24, 2.45) is 0 Å². The van der Waals surface area contributed by atoms with Crippen LogP contribution in [-0.2, 0) is 16.1 Å². The number of benzene rings is 3. The van der Waals surface area contributed by atoms with Gasteiger partial charge in [0.1, 0.15) is 18.1 Å². The van der Waals surface area contributed by atoms with Gasteiger partial charge in [-0.1, -0.05) is 36.3 Å². The number of fused-ring (bicyclic) bond motifs is 1. The SMILES string of the molecule is CC(=O)c1ccc(N(C(=O)Cn2nnc3ccccc32)C(C(=O)NC2CCCC2)c2ccc(O)c(O)c2)cc1. The Labute approximate surface area is 224 Å². The second-order valence-corrected chi connectivity index (χ2v) is 9.74. The zero-order chi connectivity index (χ0) is 27.5. The molecular weight excluding hydrogens is 498 g/mol. The molecule has 10 heteroatoms. The average molecular weight is 528 g/mol. The summed E-state index contributed by atoms with van der Waals surface area (Å²) in [5.41, 5.74) is 2.44. The number of carbonyl (C=O) groups excluding carboxylic acids is 3. The number of aromatic nitrogens is 3. The van der Waals surface area contributed by atoms with Crippen molar-refractivity contribution in [3.63, 3.8) is 0 Å². The minimum Gasteiger partial charge on any atom is -0.504 e. The highest BCUT2D eigenvalue weighted by atomic mass is 16.3. The fourth-order valence-electron chi connectivity index (χ4n) is 5.01. The van der Waals surface area contributed by atoms with Gasteiger partial charge in [-0.15, -0.1) is 5.10 Å². The van der Waals surface area contributed by atoms with Crippen LogP contribution in [0.5, 0.6) is 11.5 Å². The molecule has 1 aliphatic rings. The fourth-order valence-corrected chi connectivity index (χ4v) is 5.01. The highest BCUT2D eigenvalue weighted by Crippen LogP contribution is 2.34. The maximum absolute atomic E-state index is 14.1. The van der Waals surface area contributed by atoms with Crippen LogP contribution in [0.15, 0.2) is 66.7 Å². The maximum atomic E-state index is 14.1. The number of amides is 2. The largest absolute Gasteiger partial charge is 0.504 e. The molecule has 0 aliphatic heterocycles. The van der Waals surface area contributed by atoms with E-state index < -0.39 is 23.6 Å². The number of aromatic hydroxyl groups is 2. The summed E-state index contributed by atoms with van der Waals surface area (Å²) in [4.78, 5) is 41.2. The quantitative estimate of drug-likeness (QED) is 0.234. The van der Waals surface area contributed by atoms with Crippen molar-refractivity contribution in [2.75, 3.05) is 4.90 Å². The number of Topliss-reactive ketones (excluding diaryl/α,β-unsaturated/α-hetero) is 1. The van der Waals surface area contributed by atoms with Gasteiger partial charge in [0.05, 0.1) is 5.52 Å². The molecular formula is C29H29N5O5. The number of phenols is 2. The minimum absolute atomic E-state index is 0.0259. The van der Waals surface area contributed by atoms with E-state index in [-0.39, 0.29) is 24.1 Å². The van der Waals surface area contributed by atoms with Gasteiger partial charge in [-0.25, -0.2) is 4.68 Å². The van der Waals surface area contributed by atoms with E-state index >= 15 is 0 Å². The van der Waals surface area contributed by atoms with Gasteiger partial charge in [-0.3, -0.25) is 19.3 Å². The lowest BCUT2D eigenvalue weighted by atomic mass is 10.0. The molecule has 1 aliphatic carbocycles. The predicted molar refractivity (Wildman–Crippen MR) is 144 cm³/mol. The summed E-state index contributed by atoms with van der Waals surface area (Å²) in [5.74, 6) is -1.76. The smallest absolute Gasteiger partial charge is 0.249 e. The van der Waals surface area contributed by atoms with Crippen LogP contribution in [0.3, 0.4) is 0 Å². The van der Waals surface area contributed by atoms with Gasteiger partial charge in [0, 0.05) is 17.3 Å². The number of phenolic OH excluding ortho intramolecular Hbond substituents is 2. The summed E-state index contributed by atoms with van der Waals surface area (Å²) in [7, 11) is 0. The number of nitrogens with zero attached hydrogens (tertiary/aromatic N) is 4. The second-order valence-electron chi connectivity index (χ2n) is 9.74. The molecule has 4 aromatic rings. The van der Waals surface area contributed by atoms with Crippen molar-refractivity contribution < 1.29 is 24.6 Å². The van der Waals surface area contributed by atoms with E-state index in [4.69, 9.17) is 0 Å². The summed E-state index contributed by atoms with van der Waals surface area (Å²) in [6.07, 6.45) is 3.69. The molecule has 0 spiro atoms. The summed E-state index contributed by atoms with van der Waals surface area (Å²) in [5, 5.41) is 31.5. The maximum Gasteiger partial charge on any atom is 0.249 e. The van der Waals surface area contributed by atoms with Gasteiger partial charge < -0.3 is 15.5 Å². The Balaban J connectivity index is 1.60. The van der Waals surface area contributed by atoms with E-state index in [2.05, 4.69) is 15.6 Å². The first kappa shape index (κ1) is 25.9. The highest BCUT2D eigenvalue weighted by Gasteiger charge is 2.35. The molecule has 3 aromatic carbocycles. The Morgan fingerprint density at radius 1 is 1.00 bits per heavy atom. The Morgan fingerprint density at radius 3 is 2.41 bits per heavy atom. The van der Waals surface area contributed by atoms with Gasteiger partial charge in [0.2, 0.25) is 11.8 Å². The first-order valence-electron chi connectivity index (χ1n) is 12.9. The third-order valence-corrected chi connectivity index (χ3v) is 7.05. The lowest BCUT2D eigenvalue weighted by molar-refractivity contribution is -0.127. The van der Waals surface area contributed by atoms with Crippen molar-refractivity contribution in [1.82, 2.24) is 20.3 Å². The van der Waals surface area contributed by atoms with E-state index in [1.54, 1.807) is 36.4 Å². The van der Waals surface area contributed by atoms with Crippen molar-refractivity contribution in [3.05, 3.63) is 77.9 Å². The number of hydrogen-bond acceptors (Lipinski definition) is 7. The Hall–Kier alpha value is -4.73. The van der Waals surface area contributed by atoms with Gasteiger partial charge >= 0.3 is 0 Å². The van der Waals surface area contributed by atoms with Gasteiger partial charge in [0.25, 0.3) is 0 Å². The predicted octanol–water partition coefficient (Wildman–Crippen LogP) is 3.88. The first-order chi connectivity index (χ1) is 18.8. The molecule has 0 saturated heterocycles. The van der Waals surface area contributed by atoms with Crippen LogP contribution in [0.25, 0.3) is 11.0 Å². The lowest BCUT2D eigenvalue weighted by Crippen LogP contribution is -2.47. The van der Waals surface area contributed by atoms with Crippen molar-refractivity contribution in [2.45, 2.75) is 51.2 Å². The molecule has 1 saturated carbocycles. The molecule has 1 fully saturated rings. The molecule has 5 rings (SSSR count). The number of nitrogens with one attached hydrogen (secondary N) is 1. The van der Waals surface area contributed by atoms with E-state index in [1.807, 2.05) is 12.1 Å². The molecule has 1 heterocycles.